The molecular formula is C32H34ClN3O4S. The van der Waals surface area contributed by atoms with Crippen LogP contribution < -0.4 is 4.90 Å². The fourth-order valence-corrected chi connectivity index (χ4v) is 9.47. The van der Waals surface area contributed by atoms with Crippen LogP contribution >= 0.6 is 23.4 Å². The summed E-state index contributed by atoms with van der Waals surface area (Å²) in [5.41, 5.74) is 1.41. The van der Waals surface area contributed by atoms with E-state index in [1.807, 2.05) is 67.3 Å². The maximum atomic E-state index is 14.8. The van der Waals surface area contributed by atoms with Gasteiger partial charge in [-0.15, -0.1) is 11.8 Å². The number of anilines is 1. The number of fused-ring (bicyclic) bond motifs is 2. The third kappa shape index (κ3) is 4.34. The fraction of sp³-hybridized carbons (Fsp3) is 0.406. The Hall–Kier alpha value is -3.07. The number of nitrogens with zero attached hydrogens (tertiary/aromatic N) is 3. The highest BCUT2D eigenvalue weighted by molar-refractivity contribution is 8.02. The number of thioether (sulfide) groups is 1. The number of likely N-dealkylation sites (tertiary alicyclic amines) is 1. The van der Waals surface area contributed by atoms with E-state index in [0.29, 0.717) is 30.3 Å². The Kier molecular flexibility index (Phi) is 7.29. The van der Waals surface area contributed by atoms with Gasteiger partial charge in [-0.3, -0.25) is 14.4 Å². The number of aliphatic hydroxyl groups excluding tert-OH is 1. The smallest absolute Gasteiger partial charge is 0.251 e. The van der Waals surface area contributed by atoms with E-state index < -0.39 is 33.4 Å². The van der Waals surface area contributed by atoms with Crippen molar-refractivity contribution in [2.24, 2.45) is 11.8 Å². The number of amides is 3. The Bertz CT molecular complexity index is 1420. The van der Waals surface area contributed by atoms with Crippen molar-refractivity contribution in [3.8, 4) is 0 Å². The van der Waals surface area contributed by atoms with Gasteiger partial charge < -0.3 is 19.8 Å². The van der Waals surface area contributed by atoms with E-state index in [4.69, 9.17) is 11.6 Å². The molecule has 41 heavy (non-hydrogen) atoms. The Balaban J connectivity index is 1.53. The monoisotopic (exact) mass is 591 g/mol. The summed E-state index contributed by atoms with van der Waals surface area (Å²) in [6.45, 7) is 5.13. The average molecular weight is 592 g/mol. The van der Waals surface area contributed by atoms with Crippen molar-refractivity contribution in [1.82, 2.24) is 9.80 Å². The van der Waals surface area contributed by atoms with Crippen molar-refractivity contribution >= 4 is 46.8 Å². The van der Waals surface area contributed by atoms with Crippen molar-refractivity contribution in [3.63, 3.8) is 0 Å². The first-order valence-corrected chi connectivity index (χ1v) is 15.3. The lowest BCUT2D eigenvalue weighted by atomic mass is 9.74. The summed E-state index contributed by atoms with van der Waals surface area (Å²) in [5, 5.41) is 11.3. The predicted molar refractivity (Wildman–Crippen MR) is 162 cm³/mol. The third-order valence-electron chi connectivity index (χ3n) is 8.90. The van der Waals surface area contributed by atoms with Gasteiger partial charge in [-0.25, -0.2) is 0 Å². The van der Waals surface area contributed by atoms with Crippen molar-refractivity contribution in [1.29, 1.82) is 0 Å². The minimum absolute atomic E-state index is 0.0532. The highest BCUT2D eigenvalue weighted by atomic mass is 35.5. The van der Waals surface area contributed by atoms with E-state index in [-0.39, 0.29) is 24.3 Å². The summed E-state index contributed by atoms with van der Waals surface area (Å²) in [6, 6.07) is 14.7. The zero-order valence-electron chi connectivity index (χ0n) is 23.2. The first-order chi connectivity index (χ1) is 19.8. The fourth-order valence-electron chi connectivity index (χ4n) is 7.20. The molecule has 0 aliphatic carbocycles. The summed E-state index contributed by atoms with van der Waals surface area (Å²) in [7, 11) is 0. The molecule has 1 unspecified atom stereocenters. The van der Waals surface area contributed by atoms with Crippen molar-refractivity contribution in [3.05, 3.63) is 89.5 Å². The second kappa shape index (κ2) is 10.6. The topological polar surface area (TPSA) is 81.2 Å². The zero-order chi connectivity index (χ0) is 28.9. The lowest BCUT2D eigenvalue weighted by molar-refractivity contribution is -0.145. The van der Waals surface area contributed by atoms with E-state index in [1.54, 1.807) is 45.8 Å². The number of halogens is 1. The van der Waals surface area contributed by atoms with Crippen LogP contribution in [0.25, 0.3) is 0 Å². The number of rotatable bonds is 6. The van der Waals surface area contributed by atoms with Gasteiger partial charge >= 0.3 is 0 Å². The van der Waals surface area contributed by atoms with Crippen LogP contribution in [0.4, 0.5) is 5.69 Å². The number of carbonyl (C=O) groups is 3. The molecule has 7 nitrogen and oxygen atoms in total. The largest absolute Gasteiger partial charge is 0.394 e. The molecule has 4 aliphatic rings. The van der Waals surface area contributed by atoms with Crippen LogP contribution in [-0.2, 0) is 14.4 Å². The predicted octanol–water partition coefficient (Wildman–Crippen LogP) is 4.47. The maximum absolute atomic E-state index is 14.8. The number of carbonyl (C=O) groups excluding carboxylic acids is 3. The highest BCUT2D eigenvalue weighted by Crippen LogP contribution is 2.66. The van der Waals surface area contributed by atoms with Crippen LogP contribution in [-0.4, -0.2) is 74.4 Å². The zero-order valence-corrected chi connectivity index (χ0v) is 24.7. The lowest BCUT2D eigenvalue weighted by Gasteiger charge is -2.40. The molecule has 6 atom stereocenters. The summed E-state index contributed by atoms with van der Waals surface area (Å²) < 4.78 is -1.67. The summed E-state index contributed by atoms with van der Waals surface area (Å²) in [4.78, 5) is 48.8. The molecule has 4 aliphatic heterocycles. The minimum atomic E-state index is -0.994. The van der Waals surface area contributed by atoms with Gasteiger partial charge in [-0.1, -0.05) is 73.2 Å². The van der Waals surface area contributed by atoms with Crippen LogP contribution in [0, 0.1) is 11.8 Å². The molecule has 6 rings (SSSR count). The second-order valence-corrected chi connectivity index (χ2v) is 13.6. The number of benzene rings is 2. The quantitative estimate of drug-likeness (QED) is 0.501. The van der Waals surface area contributed by atoms with Crippen molar-refractivity contribution in [2.75, 3.05) is 31.1 Å². The Morgan fingerprint density at radius 2 is 1.66 bits per heavy atom. The van der Waals surface area contributed by atoms with E-state index in [0.717, 1.165) is 12.0 Å². The molecule has 3 amide bonds. The molecule has 0 radical (unpaired) electrons. The molecule has 2 fully saturated rings. The van der Waals surface area contributed by atoms with E-state index in [2.05, 4.69) is 6.08 Å². The molecule has 1 N–H and O–H groups in total. The van der Waals surface area contributed by atoms with E-state index >= 15 is 0 Å². The van der Waals surface area contributed by atoms with Crippen LogP contribution in [0.2, 0.25) is 5.02 Å². The summed E-state index contributed by atoms with van der Waals surface area (Å²) >= 11 is 7.70. The van der Waals surface area contributed by atoms with Crippen LogP contribution in [0.15, 0.2) is 78.9 Å². The van der Waals surface area contributed by atoms with E-state index in [1.165, 1.54) is 0 Å². The molecule has 2 aromatic carbocycles. The molecule has 2 saturated heterocycles. The normalized spacial score (nSPS) is 31.6. The van der Waals surface area contributed by atoms with Gasteiger partial charge in [-0.05, 0) is 43.2 Å². The minimum Gasteiger partial charge on any atom is -0.394 e. The molecular weight excluding hydrogens is 558 g/mol. The molecule has 9 heteroatoms. The Labute approximate surface area is 249 Å². The van der Waals surface area contributed by atoms with Gasteiger partial charge in [0, 0.05) is 35.1 Å². The standard InChI is InChI=1S/C32H34ClN3O4S/c1-3-17-34-18-7-15-31(2)25(28(34)38)26-29(39)36(24(20-37)21-9-5-4-6-10-21)27-30(40)35(19-8-16-32(26,27)41-31)23-13-11-22(33)12-14-23/h4-16,24-27,37H,3,17-20H2,1-2H3/t24-,25-,26+,27?,31+,32+/m1/s1. The first-order valence-electron chi connectivity index (χ1n) is 14.1. The SMILES string of the molecule is CCCN1CC=C[C@]2(C)S[C@]34C=CCN(c5ccc(Cl)cc5)C(=O)C3N([C@H](CO)c3ccccc3)C(=O)[C@@H]4[C@@H]2C1=O. The molecule has 0 saturated carbocycles. The second-order valence-electron chi connectivity index (χ2n) is 11.4. The first kappa shape index (κ1) is 28.1. The number of aliphatic hydroxyl groups is 1. The molecule has 214 valence electrons. The third-order valence-corrected chi connectivity index (χ3v) is 11.0. The van der Waals surface area contributed by atoms with E-state index in [9.17, 15) is 19.5 Å². The van der Waals surface area contributed by atoms with Gasteiger partial charge in [0.15, 0.2) is 0 Å². The Morgan fingerprint density at radius 3 is 2.34 bits per heavy atom. The van der Waals surface area contributed by atoms with Crippen LogP contribution in [0.3, 0.4) is 0 Å². The summed E-state index contributed by atoms with van der Waals surface area (Å²) in [5.74, 6) is -1.97. The van der Waals surface area contributed by atoms with Crippen molar-refractivity contribution in [2.45, 2.75) is 41.8 Å². The van der Waals surface area contributed by atoms with Crippen LogP contribution in [0.5, 0.6) is 0 Å². The van der Waals surface area contributed by atoms with Gasteiger partial charge in [-0.2, -0.15) is 0 Å². The molecule has 1 spiro atoms. The molecule has 0 aromatic heterocycles. The van der Waals surface area contributed by atoms with Gasteiger partial charge in [0.05, 0.1) is 29.2 Å². The molecule has 4 heterocycles. The van der Waals surface area contributed by atoms with Crippen molar-refractivity contribution < 1.29 is 19.5 Å². The number of hydrogen-bond acceptors (Lipinski definition) is 5. The molecule has 0 bridgehead atoms. The van der Waals surface area contributed by atoms with Gasteiger partial charge in [0.25, 0.3) is 5.91 Å². The molecule has 2 aromatic rings. The lowest BCUT2D eigenvalue weighted by Crippen LogP contribution is -2.54. The Morgan fingerprint density at radius 1 is 0.951 bits per heavy atom. The average Bonchev–Trinajstić information content (AvgIpc) is 3.24. The summed E-state index contributed by atoms with van der Waals surface area (Å²) in [6.07, 6.45) is 8.86. The number of hydrogen-bond donors (Lipinski definition) is 1. The van der Waals surface area contributed by atoms with Gasteiger partial charge in [0.2, 0.25) is 11.8 Å². The van der Waals surface area contributed by atoms with Gasteiger partial charge in [0.1, 0.15) is 6.04 Å². The highest BCUT2D eigenvalue weighted by Gasteiger charge is 2.74. The maximum Gasteiger partial charge on any atom is 0.251 e. The van der Waals surface area contributed by atoms with Crippen LogP contribution in [0.1, 0.15) is 31.9 Å².